The molecule has 0 N–H and O–H groups in total. The lowest BCUT2D eigenvalue weighted by Gasteiger charge is -2.24. The van der Waals surface area contributed by atoms with Gasteiger partial charge in [0.15, 0.2) is 5.82 Å². The molecule has 1 amide bonds. The van der Waals surface area contributed by atoms with Crippen LogP contribution in [0.15, 0.2) is 61.2 Å². The van der Waals surface area contributed by atoms with Gasteiger partial charge in [-0.3, -0.25) is 4.79 Å². The molecule has 8 nitrogen and oxygen atoms in total. The van der Waals surface area contributed by atoms with Crippen LogP contribution in [0.4, 0.5) is 13.2 Å². The molecular weight excluding hydrogens is 449 g/mol. The largest absolute Gasteiger partial charge is 0.475 e. The van der Waals surface area contributed by atoms with Gasteiger partial charge in [0.2, 0.25) is 5.88 Å². The van der Waals surface area contributed by atoms with Crippen LogP contribution >= 0.6 is 0 Å². The Morgan fingerprint density at radius 2 is 1.91 bits per heavy atom. The second kappa shape index (κ2) is 8.73. The Hall–Kier alpha value is -4.02. The molecule has 4 aromatic rings. The quantitative estimate of drug-likeness (QED) is 0.442. The number of ether oxygens (including phenoxy) is 1. The van der Waals surface area contributed by atoms with Crippen LogP contribution in [-0.4, -0.2) is 54.6 Å². The summed E-state index contributed by atoms with van der Waals surface area (Å²) in [4.78, 5) is 27.7. The summed E-state index contributed by atoms with van der Waals surface area (Å²) in [6.07, 6.45) is 2.67. The molecule has 0 radical (unpaired) electrons. The number of fused-ring (bicyclic) bond motifs is 1. The minimum atomic E-state index is -4.46. The van der Waals surface area contributed by atoms with Gasteiger partial charge in [0.1, 0.15) is 12.3 Å². The van der Waals surface area contributed by atoms with E-state index in [1.54, 1.807) is 40.1 Å². The Bertz CT molecular complexity index is 1310. The van der Waals surface area contributed by atoms with Crippen LogP contribution in [-0.2, 0) is 6.18 Å². The predicted octanol–water partition coefficient (Wildman–Crippen LogP) is 3.89. The number of amides is 1. The monoisotopic (exact) mass is 468 g/mol. The van der Waals surface area contributed by atoms with E-state index < -0.39 is 11.7 Å². The predicted molar refractivity (Wildman–Crippen MR) is 115 cm³/mol. The average molecular weight is 468 g/mol. The molecular formula is C23H19F3N6O2. The molecule has 5 heterocycles. The third-order valence-electron chi connectivity index (χ3n) is 5.66. The van der Waals surface area contributed by atoms with Crippen molar-refractivity contribution in [3.8, 4) is 17.4 Å². The molecule has 5 rings (SSSR count). The molecule has 0 bridgehead atoms. The number of nitrogens with zero attached hydrogens (tertiary/aromatic N) is 6. The highest BCUT2D eigenvalue weighted by molar-refractivity contribution is 6.06. The van der Waals surface area contributed by atoms with Gasteiger partial charge in [0.05, 0.1) is 22.7 Å². The zero-order chi connectivity index (χ0) is 23.7. The van der Waals surface area contributed by atoms with Gasteiger partial charge in [0, 0.05) is 37.4 Å². The zero-order valence-electron chi connectivity index (χ0n) is 17.8. The van der Waals surface area contributed by atoms with E-state index in [-0.39, 0.29) is 24.4 Å². The summed E-state index contributed by atoms with van der Waals surface area (Å²) >= 11 is 0. The van der Waals surface area contributed by atoms with Crippen molar-refractivity contribution < 1.29 is 22.7 Å². The first kappa shape index (κ1) is 21.8. The van der Waals surface area contributed by atoms with Crippen LogP contribution in [0.3, 0.4) is 0 Å². The van der Waals surface area contributed by atoms with Crippen molar-refractivity contribution in [1.29, 1.82) is 0 Å². The van der Waals surface area contributed by atoms with Gasteiger partial charge < -0.3 is 9.64 Å². The molecule has 0 unspecified atom stereocenters. The molecule has 11 heteroatoms. The van der Waals surface area contributed by atoms with Crippen molar-refractivity contribution >= 4 is 11.4 Å². The first-order chi connectivity index (χ1) is 16.4. The van der Waals surface area contributed by atoms with Gasteiger partial charge in [-0.25, -0.2) is 19.5 Å². The number of carbonyl (C=O) groups excluding carboxylic acids is 1. The summed E-state index contributed by atoms with van der Waals surface area (Å²) in [6, 6.07) is 8.97. The van der Waals surface area contributed by atoms with Gasteiger partial charge >= 0.3 is 6.18 Å². The highest BCUT2D eigenvalue weighted by Crippen LogP contribution is 2.30. The number of aromatic nitrogens is 5. The number of pyridine rings is 2. The smallest absolute Gasteiger partial charge is 0.417 e. The lowest BCUT2D eigenvalue weighted by Crippen LogP contribution is -2.39. The molecule has 0 aliphatic carbocycles. The van der Waals surface area contributed by atoms with Crippen molar-refractivity contribution in [3.05, 3.63) is 72.3 Å². The first-order valence-corrected chi connectivity index (χ1v) is 10.6. The third-order valence-corrected chi connectivity index (χ3v) is 5.66. The number of hydrogen-bond donors (Lipinski definition) is 0. The molecule has 1 saturated heterocycles. The van der Waals surface area contributed by atoms with E-state index >= 15 is 0 Å². The number of likely N-dealkylation sites (tertiary alicyclic amines) is 1. The van der Waals surface area contributed by atoms with Crippen molar-refractivity contribution in [3.63, 3.8) is 0 Å². The second-order valence-electron chi connectivity index (χ2n) is 7.81. The van der Waals surface area contributed by atoms with E-state index in [0.717, 1.165) is 18.7 Å². The molecule has 174 valence electrons. The lowest BCUT2D eigenvalue weighted by molar-refractivity contribution is -0.137. The standard InChI is InChI=1S/C23H19F3N6O2/c24-23(25,26)15-7-8-18(29-13-15)34-14-16-5-3-11-31(16)22(33)19-17-6-1-2-12-32(17)30-20(19)21-27-9-4-10-28-21/h1-2,4,6-10,12-13,16H,3,5,11,14H2/t16-/m0/s1. The summed E-state index contributed by atoms with van der Waals surface area (Å²) in [5.74, 6) is 0.187. The summed E-state index contributed by atoms with van der Waals surface area (Å²) in [5, 5.41) is 4.53. The second-order valence-corrected chi connectivity index (χ2v) is 7.81. The maximum atomic E-state index is 13.7. The van der Waals surface area contributed by atoms with Crippen LogP contribution in [0, 0.1) is 0 Å². The van der Waals surface area contributed by atoms with Crippen molar-refractivity contribution in [2.75, 3.05) is 13.2 Å². The van der Waals surface area contributed by atoms with Gasteiger partial charge in [-0.2, -0.15) is 18.3 Å². The normalized spacial score (nSPS) is 16.2. The van der Waals surface area contributed by atoms with E-state index in [1.165, 1.54) is 6.07 Å². The van der Waals surface area contributed by atoms with Gasteiger partial charge in [-0.05, 0) is 37.1 Å². The highest BCUT2D eigenvalue weighted by Gasteiger charge is 2.34. The summed E-state index contributed by atoms with van der Waals surface area (Å²) in [7, 11) is 0. The fraction of sp³-hybridized carbons (Fsp3) is 0.261. The molecule has 0 aromatic carbocycles. The Morgan fingerprint density at radius 1 is 1.09 bits per heavy atom. The van der Waals surface area contributed by atoms with Crippen molar-refractivity contribution in [1.82, 2.24) is 29.5 Å². The average Bonchev–Trinajstić information content (AvgIpc) is 3.47. The molecule has 4 aromatic heterocycles. The minimum Gasteiger partial charge on any atom is -0.475 e. The fourth-order valence-electron chi connectivity index (χ4n) is 4.02. The molecule has 1 fully saturated rings. The minimum absolute atomic E-state index is 0.0710. The van der Waals surface area contributed by atoms with Crippen LogP contribution in [0.25, 0.3) is 17.0 Å². The number of alkyl halides is 3. The first-order valence-electron chi connectivity index (χ1n) is 10.6. The van der Waals surface area contributed by atoms with E-state index in [9.17, 15) is 18.0 Å². The summed E-state index contributed by atoms with van der Waals surface area (Å²) in [5.41, 5.74) is 0.561. The van der Waals surface area contributed by atoms with Gasteiger partial charge in [0.25, 0.3) is 5.91 Å². The van der Waals surface area contributed by atoms with Crippen LogP contribution in [0.5, 0.6) is 5.88 Å². The molecule has 0 saturated carbocycles. The fourth-order valence-corrected chi connectivity index (χ4v) is 4.02. The highest BCUT2D eigenvalue weighted by atomic mass is 19.4. The number of halogens is 3. The Morgan fingerprint density at radius 3 is 2.65 bits per heavy atom. The van der Waals surface area contributed by atoms with Crippen molar-refractivity contribution in [2.45, 2.75) is 25.1 Å². The lowest BCUT2D eigenvalue weighted by atomic mass is 10.1. The third kappa shape index (κ3) is 4.16. The van der Waals surface area contributed by atoms with Crippen LogP contribution in [0.1, 0.15) is 28.8 Å². The van der Waals surface area contributed by atoms with E-state index in [4.69, 9.17) is 4.74 Å². The number of rotatable bonds is 5. The summed E-state index contributed by atoms with van der Waals surface area (Å²) in [6.45, 7) is 0.632. The maximum Gasteiger partial charge on any atom is 0.417 e. The Kier molecular flexibility index (Phi) is 5.60. The van der Waals surface area contributed by atoms with E-state index in [1.807, 2.05) is 12.1 Å². The molecule has 0 spiro atoms. The molecule has 1 aliphatic rings. The molecule has 1 atom stereocenters. The van der Waals surface area contributed by atoms with E-state index in [2.05, 4.69) is 20.1 Å². The molecule has 1 aliphatic heterocycles. The van der Waals surface area contributed by atoms with Gasteiger partial charge in [-0.15, -0.1) is 0 Å². The molecule has 34 heavy (non-hydrogen) atoms. The number of hydrogen-bond acceptors (Lipinski definition) is 6. The SMILES string of the molecule is O=C(c1c(-c2ncccn2)nn2ccccc12)N1CCC[C@H]1COc1ccc(C(F)(F)F)cn1. The Labute approximate surface area is 192 Å². The summed E-state index contributed by atoms with van der Waals surface area (Å²) < 4.78 is 45.5. The van der Waals surface area contributed by atoms with Crippen molar-refractivity contribution in [2.24, 2.45) is 0 Å². The maximum absolute atomic E-state index is 13.7. The van der Waals surface area contributed by atoms with E-state index in [0.29, 0.717) is 35.6 Å². The topological polar surface area (TPSA) is 85.5 Å². The van der Waals surface area contributed by atoms with Crippen LogP contribution in [0.2, 0.25) is 0 Å². The zero-order valence-corrected chi connectivity index (χ0v) is 17.8. The number of carbonyl (C=O) groups is 1. The Balaban J connectivity index is 1.39. The van der Waals surface area contributed by atoms with Gasteiger partial charge in [-0.1, -0.05) is 6.07 Å². The van der Waals surface area contributed by atoms with Crippen LogP contribution < -0.4 is 4.74 Å².